The van der Waals surface area contributed by atoms with Crippen LogP contribution in [0.2, 0.25) is 0 Å². The molecule has 0 radical (unpaired) electrons. The smallest absolute Gasteiger partial charge is 0.336 e. The number of carbonyl (C=O) groups is 1. The number of fused-ring (bicyclic) bond motifs is 3. The number of aromatic nitrogens is 1. The number of allylic oxidation sites excluding steroid dienone is 1. The van der Waals surface area contributed by atoms with Crippen LogP contribution in [0.5, 0.6) is 0 Å². The van der Waals surface area contributed by atoms with E-state index in [1.807, 2.05) is 32.0 Å². The third kappa shape index (κ3) is 2.83. The van der Waals surface area contributed by atoms with Crippen molar-refractivity contribution in [1.29, 1.82) is 0 Å². The minimum Gasteiger partial charge on any atom is -0.460 e. The monoisotopic (exact) mass is 350 g/mol. The van der Waals surface area contributed by atoms with Gasteiger partial charge in [-0.05, 0) is 44.9 Å². The van der Waals surface area contributed by atoms with Crippen molar-refractivity contribution in [1.82, 2.24) is 9.47 Å². The van der Waals surface area contributed by atoms with E-state index < -0.39 is 0 Å². The Hall–Kier alpha value is -2.49. The van der Waals surface area contributed by atoms with Gasteiger partial charge in [-0.2, -0.15) is 0 Å². The molecule has 4 rings (SSSR count). The summed E-state index contributed by atoms with van der Waals surface area (Å²) in [5.41, 5.74) is 4.41. The van der Waals surface area contributed by atoms with Gasteiger partial charge in [-0.3, -0.25) is 0 Å². The molecule has 2 aliphatic heterocycles. The van der Waals surface area contributed by atoms with Crippen LogP contribution in [-0.4, -0.2) is 28.1 Å². The van der Waals surface area contributed by atoms with Crippen molar-refractivity contribution in [2.75, 3.05) is 6.54 Å². The lowest BCUT2D eigenvalue weighted by Crippen LogP contribution is -2.42. The largest absolute Gasteiger partial charge is 0.460 e. The number of benzene rings is 1. The van der Waals surface area contributed by atoms with E-state index in [1.165, 1.54) is 11.3 Å². The summed E-state index contributed by atoms with van der Waals surface area (Å²) in [5.74, 6) is -0.115. The van der Waals surface area contributed by atoms with Gasteiger partial charge in [-0.25, -0.2) is 4.79 Å². The Morgan fingerprint density at radius 2 is 1.88 bits per heavy atom. The molecule has 0 saturated heterocycles. The summed E-state index contributed by atoms with van der Waals surface area (Å²) >= 11 is 0. The Morgan fingerprint density at radius 3 is 2.62 bits per heavy atom. The van der Waals surface area contributed by atoms with E-state index in [0.717, 1.165) is 30.8 Å². The fourth-order valence-electron chi connectivity index (χ4n) is 4.42. The maximum absolute atomic E-state index is 13.0. The van der Waals surface area contributed by atoms with Crippen LogP contribution in [0.25, 0.3) is 0 Å². The van der Waals surface area contributed by atoms with E-state index in [0.29, 0.717) is 6.04 Å². The Kier molecular flexibility index (Phi) is 4.35. The van der Waals surface area contributed by atoms with E-state index in [2.05, 4.69) is 46.9 Å². The number of rotatable bonds is 3. The normalized spacial score (nSPS) is 22.2. The Labute approximate surface area is 155 Å². The molecule has 0 fully saturated rings. The summed E-state index contributed by atoms with van der Waals surface area (Å²) in [6.45, 7) is 7.78. The average Bonchev–Trinajstić information content (AvgIpc) is 3.10. The van der Waals surface area contributed by atoms with E-state index in [1.54, 1.807) is 0 Å². The first-order valence-electron chi connectivity index (χ1n) is 9.44. The second-order valence-electron chi connectivity index (χ2n) is 7.49. The van der Waals surface area contributed by atoms with Gasteiger partial charge in [-0.1, -0.05) is 30.3 Å². The van der Waals surface area contributed by atoms with Gasteiger partial charge in [0.2, 0.25) is 0 Å². The molecular weight excluding hydrogens is 324 g/mol. The summed E-state index contributed by atoms with van der Waals surface area (Å²) in [6.07, 6.45) is 2.94. The van der Waals surface area contributed by atoms with Crippen LogP contribution in [0.1, 0.15) is 50.4 Å². The number of nitrogens with zero attached hydrogens (tertiary/aromatic N) is 2. The summed E-state index contributed by atoms with van der Waals surface area (Å²) in [6, 6.07) is 15.0. The summed E-state index contributed by atoms with van der Waals surface area (Å²) < 4.78 is 7.96. The molecule has 136 valence electrons. The molecule has 4 heteroatoms. The number of ether oxygens (including phenoxy) is 1. The minimum atomic E-state index is -0.175. The van der Waals surface area contributed by atoms with Crippen molar-refractivity contribution in [2.24, 2.45) is 0 Å². The second-order valence-corrected chi connectivity index (χ2v) is 7.49. The minimum absolute atomic E-state index is 0.0603. The molecule has 0 unspecified atom stereocenters. The molecule has 26 heavy (non-hydrogen) atoms. The van der Waals surface area contributed by atoms with E-state index in [-0.39, 0.29) is 18.0 Å². The van der Waals surface area contributed by atoms with Gasteiger partial charge in [0.1, 0.15) is 0 Å². The van der Waals surface area contributed by atoms with Crippen molar-refractivity contribution in [3.63, 3.8) is 0 Å². The molecule has 1 aromatic heterocycles. The standard InChI is InChI=1S/C22H26N2O2/c1-15(2)26-22(25)21-16(3)24-13-12-23-11-7-10-19(23)20(24)14-18(21)17-8-5-4-6-9-17/h4-11,15,18,20H,12-14H2,1-3H3/t18-,20+/m0/s1. The fraction of sp³-hybridized carbons (Fsp3) is 0.409. The summed E-state index contributed by atoms with van der Waals surface area (Å²) in [4.78, 5) is 15.4. The highest BCUT2D eigenvalue weighted by molar-refractivity contribution is 5.91. The quantitative estimate of drug-likeness (QED) is 0.776. The van der Waals surface area contributed by atoms with Gasteiger partial charge in [0.25, 0.3) is 0 Å². The first kappa shape index (κ1) is 17.0. The van der Waals surface area contributed by atoms with Crippen LogP contribution in [0.3, 0.4) is 0 Å². The topological polar surface area (TPSA) is 34.5 Å². The number of hydrogen-bond acceptors (Lipinski definition) is 3. The Balaban J connectivity index is 1.80. The van der Waals surface area contributed by atoms with Crippen LogP contribution in [0, 0.1) is 0 Å². The number of esters is 1. The Bertz CT molecular complexity index is 835. The van der Waals surface area contributed by atoms with Crippen molar-refractivity contribution in [2.45, 2.75) is 51.8 Å². The van der Waals surface area contributed by atoms with Gasteiger partial charge in [0.05, 0.1) is 17.7 Å². The lowest BCUT2D eigenvalue weighted by atomic mass is 9.79. The van der Waals surface area contributed by atoms with Crippen molar-refractivity contribution >= 4 is 5.97 Å². The van der Waals surface area contributed by atoms with Crippen molar-refractivity contribution in [3.05, 3.63) is 71.2 Å². The molecular formula is C22H26N2O2. The number of carbonyl (C=O) groups excluding carboxylic acids is 1. The zero-order valence-electron chi connectivity index (χ0n) is 15.7. The second kappa shape index (κ2) is 6.67. The molecule has 2 aliphatic rings. The molecule has 0 N–H and O–H groups in total. The lowest BCUT2D eigenvalue weighted by Gasteiger charge is -2.45. The van der Waals surface area contributed by atoms with Crippen molar-refractivity contribution < 1.29 is 9.53 Å². The first-order valence-corrected chi connectivity index (χ1v) is 9.44. The van der Waals surface area contributed by atoms with Crippen LogP contribution >= 0.6 is 0 Å². The SMILES string of the molecule is CC1=C(C(=O)OC(C)C)[C@H](c2ccccc2)C[C@@H]2c3cccn3CCN12. The molecule has 1 aromatic carbocycles. The summed E-state index contributed by atoms with van der Waals surface area (Å²) in [5, 5.41) is 0. The molecule has 0 saturated carbocycles. The van der Waals surface area contributed by atoms with Crippen LogP contribution < -0.4 is 0 Å². The predicted molar refractivity (Wildman–Crippen MR) is 102 cm³/mol. The highest BCUT2D eigenvalue weighted by Gasteiger charge is 2.40. The fourth-order valence-corrected chi connectivity index (χ4v) is 4.42. The van der Waals surface area contributed by atoms with Crippen LogP contribution in [0.4, 0.5) is 0 Å². The first-order chi connectivity index (χ1) is 12.6. The molecule has 0 spiro atoms. The van der Waals surface area contributed by atoms with Crippen LogP contribution in [0.15, 0.2) is 59.9 Å². The van der Waals surface area contributed by atoms with Gasteiger partial charge >= 0.3 is 5.97 Å². The van der Waals surface area contributed by atoms with Crippen molar-refractivity contribution in [3.8, 4) is 0 Å². The van der Waals surface area contributed by atoms with Gasteiger partial charge in [0, 0.05) is 36.6 Å². The van der Waals surface area contributed by atoms with Gasteiger partial charge in [-0.15, -0.1) is 0 Å². The maximum atomic E-state index is 13.0. The lowest BCUT2D eigenvalue weighted by molar-refractivity contribution is -0.143. The third-order valence-electron chi connectivity index (χ3n) is 5.56. The zero-order chi connectivity index (χ0) is 18.3. The third-order valence-corrected chi connectivity index (χ3v) is 5.56. The van der Waals surface area contributed by atoms with Gasteiger partial charge < -0.3 is 14.2 Å². The molecule has 0 bridgehead atoms. The van der Waals surface area contributed by atoms with E-state index >= 15 is 0 Å². The molecule has 2 atom stereocenters. The average molecular weight is 350 g/mol. The summed E-state index contributed by atoms with van der Waals surface area (Å²) in [7, 11) is 0. The highest BCUT2D eigenvalue weighted by atomic mass is 16.5. The Morgan fingerprint density at radius 1 is 1.12 bits per heavy atom. The maximum Gasteiger partial charge on any atom is 0.336 e. The van der Waals surface area contributed by atoms with Gasteiger partial charge in [0.15, 0.2) is 0 Å². The highest BCUT2D eigenvalue weighted by Crippen LogP contribution is 2.46. The van der Waals surface area contributed by atoms with E-state index in [4.69, 9.17) is 4.74 Å². The van der Waals surface area contributed by atoms with Crippen LogP contribution in [-0.2, 0) is 16.1 Å². The molecule has 0 amide bonds. The molecule has 4 nitrogen and oxygen atoms in total. The molecule has 2 aromatic rings. The molecule has 0 aliphatic carbocycles. The zero-order valence-corrected chi connectivity index (χ0v) is 15.7. The number of hydrogen-bond donors (Lipinski definition) is 0. The predicted octanol–water partition coefficient (Wildman–Crippen LogP) is 4.26. The van der Waals surface area contributed by atoms with E-state index in [9.17, 15) is 4.79 Å². The molecule has 3 heterocycles.